The first-order valence-corrected chi connectivity index (χ1v) is 8.71. The van der Waals surface area contributed by atoms with Crippen LogP contribution in [0, 0.1) is 12.7 Å². The van der Waals surface area contributed by atoms with Crippen LogP contribution in [0.5, 0.6) is 0 Å². The standard InChI is InChI=1S/C19H21ClF2N4O/c1-13-9-24-17(25-10-13)11-23-12-19(22)4-6-26(7-5-19)18(27)14-2-3-16(21)15(20)8-14/h2-3,8-10,23H,4-7,11-12H2,1H3/i6D2,11D2. The number of nitrogens with zero attached hydrogens (tertiary/aromatic N) is 3. The highest BCUT2D eigenvalue weighted by atomic mass is 35.5. The summed E-state index contributed by atoms with van der Waals surface area (Å²) < 4.78 is 61.3. The number of likely N-dealkylation sites (tertiary alicyclic amines) is 1. The topological polar surface area (TPSA) is 58.1 Å². The van der Waals surface area contributed by atoms with Crippen LogP contribution in [0.2, 0.25) is 5.02 Å². The maximum atomic E-state index is 15.4. The lowest BCUT2D eigenvalue weighted by Crippen LogP contribution is -2.48. The Kier molecular flexibility index (Phi) is 4.56. The second-order valence-electron chi connectivity index (χ2n) is 6.38. The molecule has 1 amide bonds. The van der Waals surface area contributed by atoms with Crippen LogP contribution in [-0.2, 0) is 6.50 Å². The number of aryl methyl sites for hydroxylation is 1. The predicted molar refractivity (Wildman–Crippen MR) is 98.9 cm³/mol. The minimum atomic E-state index is -2.35. The van der Waals surface area contributed by atoms with E-state index < -0.39 is 43.4 Å². The van der Waals surface area contributed by atoms with Crippen molar-refractivity contribution in [3.8, 4) is 0 Å². The number of rotatable bonds is 5. The van der Waals surface area contributed by atoms with E-state index in [1.165, 1.54) is 18.5 Å². The molecular weight excluding hydrogens is 374 g/mol. The van der Waals surface area contributed by atoms with E-state index in [0.29, 0.717) is 0 Å². The van der Waals surface area contributed by atoms with Gasteiger partial charge in [0.2, 0.25) is 0 Å². The van der Waals surface area contributed by atoms with E-state index in [1.54, 1.807) is 6.92 Å². The summed E-state index contributed by atoms with van der Waals surface area (Å²) in [4.78, 5) is 21.4. The fourth-order valence-corrected chi connectivity index (χ4v) is 2.75. The zero-order chi connectivity index (χ0) is 23.0. The summed E-state index contributed by atoms with van der Waals surface area (Å²) in [6.07, 6.45) is 2.00. The Bertz CT molecular complexity index is 980. The summed E-state index contributed by atoms with van der Waals surface area (Å²) in [5, 5.41) is 2.17. The fourth-order valence-electron chi connectivity index (χ4n) is 2.56. The minimum absolute atomic E-state index is 0.00684. The zero-order valence-corrected chi connectivity index (χ0v) is 15.4. The number of aromatic nitrogens is 2. The van der Waals surface area contributed by atoms with E-state index in [-0.39, 0.29) is 29.4 Å². The lowest BCUT2D eigenvalue weighted by atomic mass is 9.92. The van der Waals surface area contributed by atoms with E-state index in [9.17, 15) is 9.18 Å². The number of carbonyl (C=O) groups excluding carboxylic acids is 1. The smallest absolute Gasteiger partial charge is 0.253 e. The largest absolute Gasteiger partial charge is 0.338 e. The molecule has 1 atom stereocenters. The Balaban J connectivity index is 1.70. The third kappa shape index (κ3) is 4.99. The van der Waals surface area contributed by atoms with E-state index in [0.717, 1.165) is 22.6 Å². The van der Waals surface area contributed by atoms with Crippen LogP contribution in [-0.4, -0.2) is 46.0 Å². The third-order valence-corrected chi connectivity index (χ3v) is 4.46. The van der Waals surface area contributed by atoms with Gasteiger partial charge in [0.1, 0.15) is 17.3 Å². The van der Waals surface area contributed by atoms with Crippen LogP contribution in [0.3, 0.4) is 0 Å². The van der Waals surface area contributed by atoms with Crippen molar-refractivity contribution >= 4 is 17.5 Å². The normalized spacial score (nSPS) is 24.5. The van der Waals surface area contributed by atoms with E-state index in [2.05, 4.69) is 15.3 Å². The Labute approximate surface area is 167 Å². The second-order valence-corrected chi connectivity index (χ2v) is 6.79. The summed E-state index contributed by atoms with van der Waals surface area (Å²) in [5.41, 5.74) is -1.37. The first kappa shape index (κ1) is 14.9. The number of alkyl halides is 1. The molecule has 1 unspecified atom stereocenters. The molecule has 1 aliphatic heterocycles. The zero-order valence-electron chi connectivity index (χ0n) is 18.6. The second kappa shape index (κ2) is 8.27. The number of halogens is 3. The Morgan fingerprint density at radius 3 is 2.85 bits per heavy atom. The molecule has 1 N–H and O–H groups in total. The van der Waals surface area contributed by atoms with Crippen molar-refractivity contribution in [1.29, 1.82) is 0 Å². The van der Waals surface area contributed by atoms with Crippen molar-refractivity contribution in [2.45, 2.75) is 31.9 Å². The van der Waals surface area contributed by atoms with Crippen LogP contribution >= 0.6 is 11.6 Å². The van der Waals surface area contributed by atoms with Crippen molar-refractivity contribution in [2.75, 3.05) is 19.6 Å². The summed E-state index contributed by atoms with van der Waals surface area (Å²) >= 11 is 5.70. The number of hydrogen-bond acceptors (Lipinski definition) is 4. The Hall–Kier alpha value is -2.12. The van der Waals surface area contributed by atoms with Gasteiger partial charge >= 0.3 is 0 Å². The first-order chi connectivity index (χ1) is 14.3. The van der Waals surface area contributed by atoms with E-state index in [4.69, 9.17) is 17.1 Å². The van der Waals surface area contributed by atoms with Crippen molar-refractivity contribution in [2.24, 2.45) is 0 Å². The monoisotopic (exact) mass is 398 g/mol. The third-order valence-electron chi connectivity index (χ3n) is 4.17. The number of benzene rings is 1. The molecular formula is C19H21ClF2N4O. The number of nitrogens with one attached hydrogen (secondary N) is 1. The Morgan fingerprint density at radius 1 is 1.44 bits per heavy atom. The summed E-state index contributed by atoms with van der Waals surface area (Å²) in [6.45, 7) is -3.57. The SMILES string of the molecule is [2H]C([2H])(NCC1(F)CCN(C(=O)c2ccc(F)c(Cl)c2)C([2H])([2H])C1)c1ncc(C)cn1. The molecule has 0 radical (unpaired) electrons. The van der Waals surface area contributed by atoms with E-state index in [1.807, 2.05) is 0 Å². The molecule has 0 aliphatic carbocycles. The number of carbonyl (C=O) groups is 1. The average Bonchev–Trinajstić information content (AvgIpc) is 2.68. The van der Waals surface area contributed by atoms with Crippen LogP contribution in [0.25, 0.3) is 0 Å². The quantitative estimate of drug-likeness (QED) is 0.839. The molecule has 5 nitrogen and oxygen atoms in total. The molecule has 1 aromatic heterocycles. The van der Waals surface area contributed by atoms with Gasteiger partial charge in [-0.15, -0.1) is 0 Å². The van der Waals surface area contributed by atoms with Crippen molar-refractivity contribution in [1.82, 2.24) is 20.2 Å². The molecule has 1 saturated heterocycles. The molecule has 27 heavy (non-hydrogen) atoms. The van der Waals surface area contributed by atoms with Gasteiger partial charge in [0.25, 0.3) is 5.91 Å². The van der Waals surface area contributed by atoms with E-state index >= 15 is 4.39 Å². The molecule has 1 aliphatic rings. The highest BCUT2D eigenvalue weighted by Crippen LogP contribution is 2.27. The summed E-state index contributed by atoms with van der Waals surface area (Å²) in [6, 6.07) is 3.30. The highest BCUT2D eigenvalue weighted by molar-refractivity contribution is 6.31. The highest BCUT2D eigenvalue weighted by Gasteiger charge is 2.36. The van der Waals surface area contributed by atoms with Gasteiger partial charge in [-0.25, -0.2) is 18.7 Å². The van der Waals surface area contributed by atoms with Gasteiger partial charge in [-0.05, 0) is 30.7 Å². The van der Waals surface area contributed by atoms with Gasteiger partial charge in [-0.3, -0.25) is 4.79 Å². The lowest BCUT2D eigenvalue weighted by Gasteiger charge is -2.36. The maximum Gasteiger partial charge on any atom is 0.253 e. The number of piperidine rings is 1. The van der Waals surface area contributed by atoms with Crippen LogP contribution in [0.4, 0.5) is 8.78 Å². The van der Waals surface area contributed by atoms with Crippen molar-refractivity contribution in [3.05, 3.63) is 58.4 Å². The van der Waals surface area contributed by atoms with Gasteiger partial charge in [0, 0.05) is 53.1 Å². The molecule has 0 bridgehead atoms. The molecule has 1 fully saturated rings. The number of hydrogen-bond donors (Lipinski definition) is 1. The lowest BCUT2D eigenvalue weighted by molar-refractivity contribution is 0.0434. The van der Waals surface area contributed by atoms with Crippen LogP contribution in [0.15, 0.2) is 30.6 Å². The maximum absolute atomic E-state index is 15.4. The molecule has 144 valence electrons. The molecule has 0 spiro atoms. The fraction of sp³-hybridized carbons (Fsp3) is 0.421. The predicted octanol–water partition coefficient (Wildman–Crippen LogP) is 3.31. The summed E-state index contributed by atoms with van der Waals surface area (Å²) in [5.74, 6) is -1.60. The first-order valence-electron chi connectivity index (χ1n) is 10.3. The van der Waals surface area contributed by atoms with Gasteiger partial charge in [0.05, 0.1) is 14.3 Å². The van der Waals surface area contributed by atoms with Gasteiger partial charge in [-0.1, -0.05) is 11.6 Å². The molecule has 1 aromatic carbocycles. The molecule has 2 heterocycles. The minimum Gasteiger partial charge on any atom is -0.338 e. The van der Waals surface area contributed by atoms with Gasteiger partial charge in [0.15, 0.2) is 0 Å². The van der Waals surface area contributed by atoms with Crippen LogP contribution < -0.4 is 5.32 Å². The average molecular weight is 399 g/mol. The number of amides is 1. The molecule has 2 aromatic rings. The van der Waals surface area contributed by atoms with Crippen LogP contribution in [0.1, 0.15) is 40.1 Å². The molecule has 0 saturated carbocycles. The van der Waals surface area contributed by atoms with Crippen molar-refractivity contribution in [3.63, 3.8) is 0 Å². The molecule has 3 rings (SSSR count). The van der Waals surface area contributed by atoms with Crippen molar-refractivity contribution < 1.29 is 19.1 Å². The Morgan fingerprint density at radius 2 is 2.19 bits per heavy atom. The van der Waals surface area contributed by atoms with Gasteiger partial charge in [-0.2, -0.15) is 0 Å². The summed E-state index contributed by atoms with van der Waals surface area (Å²) in [7, 11) is 0. The molecule has 8 heteroatoms. The van der Waals surface area contributed by atoms with Gasteiger partial charge < -0.3 is 10.2 Å².